The van der Waals surface area contributed by atoms with Crippen LogP contribution in [0.5, 0.6) is 0 Å². The summed E-state index contributed by atoms with van der Waals surface area (Å²) >= 11 is 0. The van der Waals surface area contributed by atoms with Gasteiger partial charge in [0, 0.05) is 12.6 Å². The van der Waals surface area contributed by atoms with Gasteiger partial charge in [0.1, 0.15) is 12.0 Å². The molecule has 98 valence electrons. The molecule has 0 unspecified atom stereocenters. The zero-order chi connectivity index (χ0) is 13.3. The third kappa shape index (κ3) is 2.44. The minimum absolute atomic E-state index is 0.0445. The Hall–Kier alpha value is -1.65. The van der Waals surface area contributed by atoms with Gasteiger partial charge in [0.2, 0.25) is 0 Å². The molecule has 1 N–H and O–H groups in total. The standard InChI is InChI=1S/C13H19N3O2/c1-9(2)13(4-5-13)8-15-12-10(3)6-11(7-14-12)16(17)18/h6-7,9H,4-5,8H2,1-3H3,(H,14,15). The van der Waals surface area contributed by atoms with Crippen LogP contribution in [0.4, 0.5) is 11.5 Å². The maximum atomic E-state index is 10.6. The molecule has 0 aliphatic heterocycles. The first-order valence-corrected chi connectivity index (χ1v) is 6.29. The van der Waals surface area contributed by atoms with Crippen molar-refractivity contribution in [2.45, 2.75) is 33.6 Å². The van der Waals surface area contributed by atoms with Gasteiger partial charge < -0.3 is 5.32 Å². The quantitative estimate of drug-likeness (QED) is 0.643. The van der Waals surface area contributed by atoms with Gasteiger partial charge in [0.05, 0.1) is 4.92 Å². The Bertz CT molecular complexity index is 467. The normalized spacial score (nSPS) is 16.7. The van der Waals surface area contributed by atoms with E-state index in [4.69, 9.17) is 0 Å². The Kier molecular flexibility index (Phi) is 3.24. The van der Waals surface area contributed by atoms with E-state index in [1.54, 1.807) is 6.07 Å². The first kappa shape index (κ1) is 12.8. The average Bonchev–Trinajstić information content (AvgIpc) is 3.08. The predicted molar refractivity (Wildman–Crippen MR) is 70.6 cm³/mol. The first-order chi connectivity index (χ1) is 8.44. The Morgan fingerprint density at radius 2 is 2.22 bits per heavy atom. The lowest BCUT2D eigenvalue weighted by Crippen LogP contribution is -2.21. The Balaban J connectivity index is 2.04. The summed E-state index contributed by atoms with van der Waals surface area (Å²) in [4.78, 5) is 14.3. The molecule has 1 aromatic heterocycles. The molecule has 0 amide bonds. The molecular weight excluding hydrogens is 230 g/mol. The minimum Gasteiger partial charge on any atom is -0.369 e. The van der Waals surface area contributed by atoms with Gasteiger partial charge in [-0.1, -0.05) is 13.8 Å². The van der Waals surface area contributed by atoms with E-state index in [1.807, 2.05) is 6.92 Å². The lowest BCUT2D eigenvalue weighted by Gasteiger charge is -2.20. The Labute approximate surface area is 107 Å². The summed E-state index contributed by atoms with van der Waals surface area (Å²) < 4.78 is 0. The number of hydrogen-bond donors (Lipinski definition) is 1. The summed E-state index contributed by atoms with van der Waals surface area (Å²) in [7, 11) is 0. The van der Waals surface area contributed by atoms with Crippen LogP contribution in [0.3, 0.4) is 0 Å². The van der Waals surface area contributed by atoms with E-state index in [9.17, 15) is 10.1 Å². The highest BCUT2D eigenvalue weighted by Crippen LogP contribution is 2.51. The molecule has 18 heavy (non-hydrogen) atoms. The predicted octanol–water partition coefficient (Wildman–Crippen LogP) is 3.15. The maximum Gasteiger partial charge on any atom is 0.287 e. The highest BCUT2D eigenvalue weighted by Gasteiger charge is 2.45. The Morgan fingerprint density at radius 3 is 2.67 bits per heavy atom. The topological polar surface area (TPSA) is 68.1 Å². The number of pyridine rings is 1. The smallest absolute Gasteiger partial charge is 0.287 e. The molecule has 1 heterocycles. The van der Waals surface area contributed by atoms with E-state index >= 15 is 0 Å². The van der Waals surface area contributed by atoms with Crippen molar-refractivity contribution in [2.75, 3.05) is 11.9 Å². The summed E-state index contributed by atoms with van der Waals surface area (Å²) in [6, 6.07) is 1.56. The third-order valence-corrected chi connectivity index (χ3v) is 4.00. The second-order valence-corrected chi connectivity index (χ2v) is 5.49. The van der Waals surface area contributed by atoms with Crippen molar-refractivity contribution in [3.63, 3.8) is 0 Å². The molecule has 1 aromatic rings. The second kappa shape index (κ2) is 4.55. The van der Waals surface area contributed by atoms with Gasteiger partial charge in [-0.25, -0.2) is 4.98 Å². The first-order valence-electron chi connectivity index (χ1n) is 6.29. The van der Waals surface area contributed by atoms with Crippen LogP contribution in [0.25, 0.3) is 0 Å². The fourth-order valence-electron chi connectivity index (χ4n) is 2.22. The minimum atomic E-state index is -0.416. The largest absolute Gasteiger partial charge is 0.369 e. The molecule has 0 bridgehead atoms. The molecule has 1 saturated carbocycles. The van der Waals surface area contributed by atoms with E-state index in [-0.39, 0.29) is 5.69 Å². The molecule has 0 saturated heterocycles. The van der Waals surface area contributed by atoms with E-state index < -0.39 is 4.92 Å². The van der Waals surface area contributed by atoms with Crippen LogP contribution in [-0.4, -0.2) is 16.5 Å². The van der Waals surface area contributed by atoms with Crippen molar-refractivity contribution >= 4 is 11.5 Å². The van der Waals surface area contributed by atoms with Crippen LogP contribution >= 0.6 is 0 Å². The van der Waals surface area contributed by atoms with E-state index in [2.05, 4.69) is 24.1 Å². The van der Waals surface area contributed by atoms with Gasteiger partial charge in [0.25, 0.3) is 5.69 Å². The molecule has 1 aliphatic rings. The SMILES string of the molecule is Cc1cc([N+](=O)[O-])cnc1NCC1(C(C)C)CC1. The number of nitrogens with zero attached hydrogens (tertiary/aromatic N) is 2. The molecule has 0 radical (unpaired) electrons. The number of nitro groups is 1. The fourth-order valence-corrected chi connectivity index (χ4v) is 2.22. The summed E-state index contributed by atoms with van der Waals surface area (Å²) in [6.45, 7) is 7.23. The van der Waals surface area contributed by atoms with Gasteiger partial charge in [-0.2, -0.15) is 0 Å². The number of anilines is 1. The second-order valence-electron chi connectivity index (χ2n) is 5.49. The maximum absolute atomic E-state index is 10.6. The summed E-state index contributed by atoms with van der Waals surface area (Å²) in [6.07, 6.45) is 3.82. The number of rotatable bonds is 5. The van der Waals surface area contributed by atoms with Gasteiger partial charge in [0.15, 0.2) is 0 Å². The van der Waals surface area contributed by atoms with Gasteiger partial charge in [-0.05, 0) is 36.7 Å². The van der Waals surface area contributed by atoms with Gasteiger partial charge in [-0.3, -0.25) is 10.1 Å². The Morgan fingerprint density at radius 1 is 1.56 bits per heavy atom. The van der Waals surface area contributed by atoms with E-state index in [0.29, 0.717) is 11.3 Å². The molecule has 2 rings (SSSR count). The summed E-state index contributed by atoms with van der Waals surface area (Å²) in [5, 5.41) is 14.0. The molecule has 0 aromatic carbocycles. The monoisotopic (exact) mass is 249 g/mol. The van der Waals surface area contributed by atoms with Crippen LogP contribution < -0.4 is 5.32 Å². The fraction of sp³-hybridized carbons (Fsp3) is 0.615. The van der Waals surface area contributed by atoms with Crippen molar-refractivity contribution < 1.29 is 4.92 Å². The number of aryl methyl sites for hydroxylation is 1. The lowest BCUT2D eigenvalue weighted by molar-refractivity contribution is -0.385. The van der Waals surface area contributed by atoms with Crippen LogP contribution in [0.15, 0.2) is 12.3 Å². The molecule has 5 heteroatoms. The van der Waals surface area contributed by atoms with Crippen LogP contribution in [0.1, 0.15) is 32.3 Å². The number of aromatic nitrogens is 1. The summed E-state index contributed by atoms with van der Waals surface area (Å²) in [5.74, 6) is 1.41. The van der Waals surface area contributed by atoms with Gasteiger partial charge >= 0.3 is 0 Å². The molecular formula is C13H19N3O2. The lowest BCUT2D eigenvalue weighted by atomic mass is 9.92. The van der Waals surface area contributed by atoms with Crippen molar-refractivity contribution in [1.29, 1.82) is 0 Å². The highest BCUT2D eigenvalue weighted by molar-refractivity contribution is 5.48. The van der Waals surface area contributed by atoms with Crippen LogP contribution in [0.2, 0.25) is 0 Å². The van der Waals surface area contributed by atoms with Gasteiger partial charge in [-0.15, -0.1) is 0 Å². The van der Waals surface area contributed by atoms with Crippen molar-refractivity contribution in [2.24, 2.45) is 11.3 Å². The molecule has 5 nitrogen and oxygen atoms in total. The third-order valence-electron chi connectivity index (χ3n) is 4.00. The number of hydrogen-bond acceptors (Lipinski definition) is 4. The molecule has 0 spiro atoms. The van der Waals surface area contributed by atoms with Crippen molar-refractivity contribution in [3.8, 4) is 0 Å². The van der Waals surface area contributed by atoms with Crippen LogP contribution in [0, 0.1) is 28.4 Å². The number of nitrogens with one attached hydrogen (secondary N) is 1. The summed E-state index contributed by atoms with van der Waals surface area (Å²) in [5.41, 5.74) is 1.27. The average molecular weight is 249 g/mol. The van der Waals surface area contributed by atoms with Crippen molar-refractivity contribution in [1.82, 2.24) is 4.98 Å². The zero-order valence-electron chi connectivity index (χ0n) is 11.1. The zero-order valence-corrected chi connectivity index (χ0v) is 11.1. The van der Waals surface area contributed by atoms with E-state index in [0.717, 1.165) is 17.9 Å². The van der Waals surface area contributed by atoms with Crippen LogP contribution in [-0.2, 0) is 0 Å². The molecule has 0 atom stereocenters. The van der Waals surface area contributed by atoms with E-state index in [1.165, 1.54) is 19.0 Å². The molecule has 1 fully saturated rings. The highest BCUT2D eigenvalue weighted by atomic mass is 16.6. The molecule has 1 aliphatic carbocycles. The van der Waals surface area contributed by atoms with Crippen molar-refractivity contribution in [3.05, 3.63) is 27.9 Å².